The molecule has 1 heterocycles. The molecular weight excluding hydrogens is 311 g/mol. The number of rotatable bonds is 5. The van der Waals surface area contributed by atoms with Gasteiger partial charge in [-0.25, -0.2) is 4.39 Å². The number of hydrazine groups is 1. The maximum Gasteiger partial charge on any atom is 0.137 e. The van der Waals surface area contributed by atoms with Gasteiger partial charge in [0.25, 0.3) is 0 Å². The maximum atomic E-state index is 13.2. The summed E-state index contributed by atoms with van der Waals surface area (Å²) in [5, 5.41) is 4.13. The van der Waals surface area contributed by atoms with Crippen LogP contribution in [0.5, 0.6) is 0 Å². The van der Waals surface area contributed by atoms with E-state index in [1.54, 1.807) is 16.8 Å². The topological polar surface area (TPSA) is 55.9 Å². The third kappa shape index (κ3) is 3.62. The molecule has 0 saturated carbocycles. The highest BCUT2D eigenvalue weighted by molar-refractivity contribution is 9.10. The number of benzene rings is 1. The van der Waals surface area contributed by atoms with Gasteiger partial charge in [0.15, 0.2) is 0 Å². The number of aryl methyl sites for hydroxylation is 2. The molecule has 0 amide bonds. The molecule has 19 heavy (non-hydrogen) atoms. The summed E-state index contributed by atoms with van der Waals surface area (Å²) in [5.74, 6) is 5.31. The molecule has 0 aliphatic rings. The van der Waals surface area contributed by atoms with E-state index >= 15 is 0 Å². The molecule has 2 rings (SSSR count). The highest BCUT2D eigenvalue weighted by Gasteiger charge is 2.12. The first kappa shape index (κ1) is 14.2. The Hall–Kier alpha value is -1.24. The quantitative estimate of drug-likeness (QED) is 0.655. The zero-order chi connectivity index (χ0) is 13.8. The molecule has 0 spiro atoms. The monoisotopic (exact) mass is 326 g/mol. The molecule has 0 radical (unpaired) electrons. The van der Waals surface area contributed by atoms with Gasteiger partial charge in [0, 0.05) is 19.3 Å². The number of aromatic nitrogens is 2. The molecule has 4 nitrogen and oxygen atoms in total. The van der Waals surface area contributed by atoms with Crippen LogP contribution in [0.2, 0.25) is 0 Å². The lowest BCUT2D eigenvalue weighted by Crippen LogP contribution is -2.28. The summed E-state index contributed by atoms with van der Waals surface area (Å²) in [6.45, 7) is 0. The van der Waals surface area contributed by atoms with Crippen molar-refractivity contribution in [3.63, 3.8) is 0 Å². The Bertz CT molecular complexity index is 555. The minimum Gasteiger partial charge on any atom is -0.276 e. The van der Waals surface area contributed by atoms with Crippen molar-refractivity contribution in [3.8, 4) is 0 Å². The molecule has 0 aliphatic carbocycles. The van der Waals surface area contributed by atoms with Crippen molar-refractivity contribution in [1.29, 1.82) is 0 Å². The fourth-order valence-corrected chi connectivity index (χ4v) is 2.38. The minimum atomic E-state index is -0.271. The van der Waals surface area contributed by atoms with Gasteiger partial charge in [-0.15, -0.1) is 0 Å². The van der Waals surface area contributed by atoms with Crippen molar-refractivity contribution in [1.82, 2.24) is 15.2 Å². The van der Waals surface area contributed by atoms with E-state index in [0.29, 0.717) is 4.47 Å². The Morgan fingerprint density at radius 1 is 1.53 bits per heavy atom. The van der Waals surface area contributed by atoms with Crippen LogP contribution >= 0.6 is 15.9 Å². The smallest absolute Gasteiger partial charge is 0.137 e. The van der Waals surface area contributed by atoms with E-state index in [1.807, 2.05) is 19.4 Å². The molecule has 1 aromatic heterocycles. The Labute approximate surface area is 119 Å². The third-order valence-corrected chi connectivity index (χ3v) is 3.63. The molecule has 6 heteroatoms. The van der Waals surface area contributed by atoms with Crippen molar-refractivity contribution in [2.75, 3.05) is 0 Å². The zero-order valence-corrected chi connectivity index (χ0v) is 12.2. The summed E-state index contributed by atoms with van der Waals surface area (Å²) in [5.41, 5.74) is 4.89. The predicted molar refractivity (Wildman–Crippen MR) is 75.7 cm³/mol. The average molecular weight is 327 g/mol. The molecular formula is C13H16BrFN4. The second-order valence-corrected chi connectivity index (χ2v) is 5.31. The lowest BCUT2D eigenvalue weighted by Gasteiger charge is -2.16. The van der Waals surface area contributed by atoms with Gasteiger partial charge >= 0.3 is 0 Å². The van der Waals surface area contributed by atoms with Crippen molar-refractivity contribution >= 4 is 15.9 Å². The molecule has 3 N–H and O–H groups in total. The summed E-state index contributed by atoms with van der Waals surface area (Å²) in [6, 6.07) is 4.92. The van der Waals surface area contributed by atoms with Crippen LogP contribution in [0.15, 0.2) is 35.1 Å². The molecule has 0 saturated heterocycles. The van der Waals surface area contributed by atoms with Gasteiger partial charge in [-0.3, -0.25) is 16.0 Å². The fourth-order valence-electron chi connectivity index (χ4n) is 1.99. The van der Waals surface area contributed by atoms with E-state index in [-0.39, 0.29) is 11.9 Å². The van der Waals surface area contributed by atoms with Gasteiger partial charge in [0.1, 0.15) is 5.82 Å². The Morgan fingerprint density at radius 3 is 2.89 bits per heavy atom. The number of nitrogens with zero attached hydrogens (tertiary/aromatic N) is 2. The SMILES string of the molecule is Cn1cc(CCC(NN)c2ccc(F)c(Br)c2)cn1. The Kier molecular flexibility index (Phi) is 4.68. The average Bonchev–Trinajstić information content (AvgIpc) is 2.80. The third-order valence-electron chi connectivity index (χ3n) is 3.03. The second-order valence-electron chi connectivity index (χ2n) is 4.45. The predicted octanol–water partition coefficient (Wildman–Crippen LogP) is 2.46. The number of halogens is 2. The number of nitrogens with one attached hydrogen (secondary N) is 1. The summed E-state index contributed by atoms with van der Waals surface area (Å²) < 4.78 is 15.4. The van der Waals surface area contributed by atoms with Crippen molar-refractivity contribution in [2.24, 2.45) is 12.9 Å². The van der Waals surface area contributed by atoms with E-state index < -0.39 is 0 Å². The highest BCUT2D eigenvalue weighted by atomic mass is 79.9. The van der Waals surface area contributed by atoms with Crippen molar-refractivity contribution < 1.29 is 4.39 Å². The van der Waals surface area contributed by atoms with Gasteiger partial charge in [0.2, 0.25) is 0 Å². The number of nitrogens with two attached hydrogens (primary N) is 1. The Balaban J connectivity index is 2.05. The van der Waals surface area contributed by atoms with Crippen LogP contribution in [0, 0.1) is 5.82 Å². The van der Waals surface area contributed by atoms with E-state index in [0.717, 1.165) is 24.0 Å². The molecule has 0 bridgehead atoms. The lowest BCUT2D eigenvalue weighted by atomic mass is 10.0. The van der Waals surface area contributed by atoms with Gasteiger partial charge in [0.05, 0.1) is 10.7 Å². The van der Waals surface area contributed by atoms with Gasteiger partial charge < -0.3 is 0 Å². The number of hydrogen-bond donors (Lipinski definition) is 2. The van der Waals surface area contributed by atoms with Crippen molar-refractivity contribution in [3.05, 3.63) is 52.0 Å². The molecule has 1 unspecified atom stereocenters. The Morgan fingerprint density at radius 2 is 2.32 bits per heavy atom. The zero-order valence-electron chi connectivity index (χ0n) is 10.6. The second kappa shape index (κ2) is 6.27. The summed E-state index contributed by atoms with van der Waals surface area (Å²) in [4.78, 5) is 0. The summed E-state index contributed by atoms with van der Waals surface area (Å²) in [6.07, 6.45) is 5.50. The lowest BCUT2D eigenvalue weighted by molar-refractivity contribution is 0.514. The minimum absolute atomic E-state index is 0.0166. The van der Waals surface area contributed by atoms with Crippen LogP contribution in [0.1, 0.15) is 23.6 Å². The van der Waals surface area contributed by atoms with Crippen LogP contribution in [0.25, 0.3) is 0 Å². The molecule has 0 fully saturated rings. The van der Waals surface area contributed by atoms with Crippen LogP contribution in [0.3, 0.4) is 0 Å². The van der Waals surface area contributed by atoms with Crippen LogP contribution in [-0.4, -0.2) is 9.78 Å². The molecule has 102 valence electrons. The van der Waals surface area contributed by atoms with Gasteiger partial charge in [-0.05, 0) is 52.0 Å². The van der Waals surface area contributed by atoms with Crippen LogP contribution < -0.4 is 11.3 Å². The first-order valence-electron chi connectivity index (χ1n) is 5.98. The largest absolute Gasteiger partial charge is 0.276 e. The highest BCUT2D eigenvalue weighted by Crippen LogP contribution is 2.23. The standard InChI is InChI=1S/C13H16BrFN4/c1-19-8-9(7-17-19)2-5-13(18-16)10-3-4-12(15)11(14)6-10/h3-4,6-8,13,18H,2,5,16H2,1H3. The summed E-state index contributed by atoms with van der Waals surface area (Å²) in [7, 11) is 1.89. The maximum absolute atomic E-state index is 13.2. The van der Waals surface area contributed by atoms with E-state index in [4.69, 9.17) is 5.84 Å². The fraction of sp³-hybridized carbons (Fsp3) is 0.308. The van der Waals surface area contributed by atoms with Gasteiger partial charge in [-0.1, -0.05) is 6.07 Å². The molecule has 1 aromatic carbocycles. The van der Waals surface area contributed by atoms with E-state index in [1.165, 1.54) is 6.07 Å². The first-order valence-corrected chi connectivity index (χ1v) is 6.78. The number of hydrogen-bond acceptors (Lipinski definition) is 3. The van der Waals surface area contributed by atoms with E-state index in [2.05, 4.69) is 26.5 Å². The first-order chi connectivity index (χ1) is 9.10. The van der Waals surface area contributed by atoms with Crippen LogP contribution in [0.4, 0.5) is 4.39 Å². The van der Waals surface area contributed by atoms with Gasteiger partial charge in [-0.2, -0.15) is 5.10 Å². The summed E-state index contributed by atoms with van der Waals surface area (Å²) >= 11 is 3.19. The molecule has 2 aromatic rings. The molecule has 0 aliphatic heterocycles. The van der Waals surface area contributed by atoms with Crippen molar-refractivity contribution in [2.45, 2.75) is 18.9 Å². The van der Waals surface area contributed by atoms with E-state index in [9.17, 15) is 4.39 Å². The molecule has 1 atom stereocenters. The van der Waals surface area contributed by atoms with Crippen LogP contribution in [-0.2, 0) is 13.5 Å². The normalized spacial score (nSPS) is 12.6.